The van der Waals surface area contributed by atoms with Crippen LogP contribution in [0.4, 0.5) is 10.5 Å². The van der Waals surface area contributed by atoms with E-state index in [0.29, 0.717) is 12.3 Å². The number of anilines is 1. The average Bonchev–Trinajstić information content (AvgIpc) is 2.28. The topological polar surface area (TPSA) is 58.6 Å². The predicted molar refractivity (Wildman–Crippen MR) is 62.6 cm³/mol. The third-order valence-electron chi connectivity index (χ3n) is 2.12. The maximum absolute atomic E-state index is 11.3. The number of hydrogen-bond acceptors (Lipinski definition) is 3. The molecular formula is C12H17NO3. The fraction of sp³-hybridized carbons (Fsp3) is 0.417. The zero-order chi connectivity index (χ0) is 11.8. The number of benzene rings is 1. The van der Waals surface area contributed by atoms with Gasteiger partial charge in [0.25, 0.3) is 0 Å². The highest BCUT2D eigenvalue weighted by Gasteiger charge is 2.05. The predicted octanol–water partition coefficient (Wildman–Crippen LogP) is 3.13. The van der Waals surface area contributed by atoms with Crippen LogP contribution >= 0.6 is 0 Å². The Bertz CT molecular complexity index is 339. The lowest BCUT2D eigenvalue weighted by molar-refractivity contribution is 0.159. The number of nitrogens with one attached hydrogen (secondary N) is 1. The SMILES string of the molecule is CCCCCOC(=O)Nc1ccccc1O. The van der Waals surface area contributed by atoms with Crippen molar-refractivity contribution in [3.63, 3.8) is 0 Å². The summed E-state index contributed by atoms with van der Waals surface area (Å²) in [5, 5.41) is 11.9. The molecular weight excluding hydrogens is 206 g/mol. The highest BCUT2D eigenvalue weighted by atomic mass is 16.5. The maximum atomic E-state index is 11.3. The van der Waals surface area contributed by atoms with Gasteiger partial charge in [-0.2, -0.15) is 0 Å². The van der Waals surface area contributed by atoms with Gasteiger partial charge < -0.3 is 9.84 Å². The second-order valence-corrected chi connectivity index (χ2v) is 3.49. The largest absolute Gasteiger partial charge is 0.506 e. The Balaban J connectivity index is 2.32. The first kappa shape index (κ1) is 12.4. The molecule has 0 heterocycles. The molecule has 4 nitrogen and oxygen atoms in total. The lowest BCUT2D eigenvalue weighted by Crippen LogP contribution is -2.14. The fourth-order valence-corrected chi connectivity index (χ4v) is 1.24. The minimum atomic E-state index is -0.530. The molecule has 16 heavy (non-hydrogen) atoms. The van der Waals surface area contributed by atoms with Gasteiger partial charge in [0, 0.05) is 0 Å². The van der Waals surface area contributed by atoms with E-state index in [9.17, 15) is 9.90 Å². The van der Waals surface area contributed by atoms with E-state index in [1.165, 1.54) is 6.07 Å². The summed E-state index contributed by atoms with van der Waals surface area (Å²) in [5.74, 6) is 0.0352. The molecule has 0 aliphatic carbocycles. The van der Waals surface area contributed by atoms with Crippen molar-refractivity contribution in [2.45, 2.75) is 26.2 Å². The molecule has 0 saturated carbocycles. The molecule has 0 aromatic heterocycles. The standard InChI is InChI=1S/C12H17NO3/c1-2-3-6-9-16-12(15)13-10-7-4-5-8-11(10)14/h4-5,7-8,14H,2-3,6,9H2,1H3,(H,13,15). The number of hydrogen-bond donors (Lipinski definition) is 2. The van der Waals surface area contributed by atoms with Crippen molar-refractivity contribution in [1.82, 2.24) is 0 Å². The molecule has 1 rings (SSSR count). The van der Waals surface area contributed by atoms with Crippen LogP contribution in [0, 0.1) is 0 Å². The van der Waals surface area contributed by atoms with Crippen LogP contribution in [0.2, 0.25) is 0 Å². The Kier molecular flexibility index (Phi) is 5.19. The normalized spacial score (nSPS) is 9.81. The molecule has 4 heteroatoms. The van der Waals surface area contributed by atoms with E-state index >= 15 is 0 Å². The van der Waals surface area contributed by atoms with Crippen LogP contribution in [0.25, 0.3) is 0 Å². The van der Waals surface area contributed by atoms with Gasteiger partial charge in [-0.15, -0.1) is 0 Å². The molecule has 0 aliphatic rings. The first-order chi connectivity index (χ1) is 7.74. The monoisotopic (exact) mass is 223 g/mol. The lowest BCUT2D eigenvalue weighted by atomic mass is 10.3. The molecule has 1 aromatic carbocycles. The van der Waals surface area contributed by atoms with E-state index in [2.05, 4.69) is 12.2 Å². The molecule has 0 radical (unpaired) electrons. The van der Waals surface area contributed by atoms with Crippen molar-refractivity contribution in [2.75, 3.05) is 11.9 Å². The zero-order valence-corrected chi connectivity index (χ0v) is 9.40. The van der Waals surface area contributed by atoms with E-state index in [0.717, 1.165) is 19.3 Å². The summed E-state index contributed by atoms with van der Waals surface area (Å²) in [4.78, 5) is 11.3. The van der Waals surface area contributed by atoms with Crippen LogP contribution in [-0.2, 0) is 4.74 Å². The Labute approximate surface area is 95.2 Å². The summed E-state index contributed by atoms with van der Waals surface area (Å²) in [6.45, 7) is 2.50. The van der Waals surface area contributed by atoms with Gasteiger partial charge in [-0.25, -0.2) is 4.79 Å². The summed E-state index contributed by atoms with van der Waals surface area (Å²) < 4.78 is 4.94. The molecule has 0 atom stereocenters. The molecule has 0 fully saturated rings. The Morgan fingerprint density at radius 2 is 2.12 bits per heavy atom. The molecule has 0 unspecified atom stereocenters. The molecule has 2 N–H and O–H groups in total. The number of para-hydroxylation sites is 2. The summed E-state index contributed by atoms with van der Waals surface area (Å²) >= 11 is 0. The smallest absolute Gasteiger partial charge is 0.411 e. The summed E-state index contributed by atoms with van der Waals surface area (Å²) in [7, 11) is 0. The van der Waals surface area contributed by atoms with Crippen LogP contribution in [0.3, 0.4) is 0 Å². The van der Waals surface area contributed by atoms with E-state index in [4.69, 9.17) is 4.74 Å². The van der Waals surface area contributed by atoms with Crippen molar-refractivity contribution in [3.8, 4) is 5.75 Å². The van der Waals surface area contributed by atoms with Crippen molar-refractivity contribution in [3.05, 3.63) is 24.3 Å². The summed E-state index contributed by atoms with van der Waals surface area (Å²) in [6, 6.07) is 6.54. The summed E-state index contributed by atoms with van der Waals surface area (Å²) in [5.41, 5.74) is 0.364. The average molecular weight is 223 g/mol. The molecule has 0 bridgehead atoms. The second-order valence-electron chi connectivity index (χ2n) is 3.49. The highest BCUT2D eigenvalue weighted by Crippen LogP contribution is 2.21. The first-order valence-electron chi connectivity index (χ1n) is 5.45. The number of amides is 1. The molecule has 1 aromatic rings. The minimum absolute atomic E-state index is 0.0352. The van der Waals surface area contributed by atoms with Crippen LogP contribution in [-0.4, -0.2) is 17.8 Å². The van der Waals surface area contributed by atoms with Crippen LogP contribution in [0.5, 0.6) is 5.75 Å². The first-order valence-corrected chi connectivity index (χ1v) is 5.45. The summed E-state index contributed by atoms with van der Waals surface area (Å²) in [6.07, 6.45) is 2.47. The van der Waals surface area contributed by atoms with Crippen molar-refractivity contribution < 1.29 is 14.6 Å². The van der Waals surface area contributed by atoms with Crippen molar-refractivity contribution in [2.24, 2.45) is 0 Å². The van der Waals surface area contributed by atoms with Gasteiger partial charge in [0.05, 0.1) is 12.3 Å². The van der Waals surface area contributed by atoms with E-state index < -0.39 is 6.09 Å². The van der Waals surface area contributed by atoms with Crippen LogP contribution < -0.4 is 5.32 Å². The van der Waals surface area contributed by atoms with Gasteiger partial charge in [0.1, 0.15) is 5.75 Å². The Morgan fingerprint density at radius 1 is 1.38 bits per heavy atom. The molecule has 0 spiro atoms. The van der Waals surface area contributed by atoms with Crippen molar-refractivity contribution in [1.29, 1.82) is 0 Å². The van der Waals surface area contributed by atoms with Gasteiger partial charge in [0.2, 0.25) is 0 Å². The number of rotatable bonds is 5. The van der Waals surface area contributed by atoms with Crippen LogP contribution in [0.1, 0.15) is 26.2 Å². The number of unbranched alkanes of at least 4 members (excludes halogenated alkanes) is 2. The van der Waals surface area contributed by atoms with Crippen LogP contribution in [0.15, 0.2) is 24.3 Å². The number of carbonyl (C=O) groups is 1. The quantitative estimate of drug-likeness (QED) is 0.595. The van der Waals surface area contributed by atoms with Gasteiger partial charge in [-0.1, -0.05) is 31.9 Å². The Morgan fingerprint density at radius 3 is 2.81 bits per heavy atom. The van der Waals surface area contributed by atoms with E-state index in [-0.39, 0.29) is 5.75 Å². The Hall–Kier alpha value is -1.71. The second kappa shape index (κ2) is 6.71. The number of phenolic OH excluding ortho intramolecular Hbond substituents is 1. The zero-order valence-electron chi connectivity index (χ0n) is 9.40. The molecule has 0 saturated heterocycles. The van der Waals surface area contributed by atoms with Gasteiger partial charge in [0.15, 0.2) is 0 Å². The number of ether oxygens (including phenoxy) is 1. The number of phenols is 1. The third-order valence-corrected chi connectivity index (χ3v) is 2.12. The molecule has 1 amide bonds. The highest BCUT2D eigenvalue weighted by molar-refractivity contribution is 5.86. The van der Waals surface area contributed by atoms with Gasteiger partial charge >= 0.3 is 6.09 Å². The van der Waals surface area contributed by atoms with Crippen molar-refractivity contribution >= 4 is 11.8 Å². The lowest BCUT2D eigenvalue weighted by Gasteiger charge is -2.07. The maximum Gasteiger partial charge on any atom is 0.411 e. The van der Waals surface area contributed by atoms with E-state index in [1.807, 2.05) is 0 Å². The number of aromatic hydroxyl groups is 1. The molecule has 88 valence electrons. The molecule has 0 aliphatic heterocycles. The minimum Gasteiger partial charge on any atom is -0.506 e. The number of carbonyl (C=O) groups excluding carboxylic acids is 1. The van der Waals surface area contributed by atoms with Gasteiger partial charge in [-0.3, -0.25) is 5.32 Å². The third kappa shape index (κ3) is 4.21. The fourth-order valence-electron chi connectivity index (χ4n) is 1.24. The van der Waals surface area contributed by atoms with E-state index in [1.54, 1.807) is 18.2 Å². The van der Waals surface area contributed by atoms with Gasteiger partial charge in [-0.05, 0) is 18.6 Å².